The van der Waals surface area contributed by atoms with Crippen molar-refractivity contribution in [2.24, 2.45) is 11.8 Å². The maximum Gasteiger partial charge on any atom is 0.229 e. The third kappa shape index (κ3) is 6.83. The first-order valence-electron chi connectivity index (χ1n) is 12.0. The zero-order valence-electron chi connectivity index (χ0n) is 20.4. The quantitative estimate of drug-likeness (QED) is 0.465. The van der Waals surface area contributed by atoms with Gasteiger partial charge in [-0.2, -0.15) is 0 Å². The van der Waals surface area contributed by atoms with Crippen LogP contribution in [0, 0.1) is 11.8 Å². The number of carbonyl (C=O) groups excluding carboxylic acids is 1. The number of anilines is 2. The molecule has 2 aliphatic rings. The summed E-state index contributed by atoms with van der Waals surface area (Å²) in [5.74, 6) is 1.38. The number of ether oxygens (including phenoxy) is 2. The molecular formula is C25H33Cl2N5O3. The number of halogens is 2. The van der Waals surface area contributed by atoms with Gasteiger partial charge < -0.3 is 25.4 Å². The molecular weight excluding hydrogens is 489 g/mol. The van der Waals surface area contributed by atoms with E-state index in [1.807, 2.05) is 6.07 Å². The Morgan fingerprint density at radius 3 is 2.89 bits per heavy atom. The minimum absolute atomic E-state index is 0.0919. The van der Waals surface area contributed by atoms with E-state index in [1.165, 1.54) is 6.20 Å². The Kier molecular flexibility index (Phi) is 8.50. The normalized spacial score (nSPS) is 23.7. The molecule has 0 aliphatic carbocycles. The van der Waals surface area contributed by atoms with E-state index in [2.05, 4.69) is 34.8 Å². The first-order valence-corrected chi connectivity index (χ1v) is 12.7. The van der Waals surface area contributed by atoms with Crippen molar-refractivity contribution in [1.29, 1.82) is 0 Å². The van der Waals surface area contributed by atoms with Gasteiger partial charge in [0.15, 0.2) is 0 Å². The van der Waals surface area contributed by atoms with Crippen LogP contribution in [0.1, 0.15) is 33.1 Å². The fourth-order valence-electron chi connectivity index (χ4n) is 4.77. The van der Waals surface area contributed by atoms with Crippen LogP contribution >= 0.6 is 23.2 Å². The standard InChI is InChI=1S/C25H33Cl2N5O3/c1-25(2)10-15(6-7-35-25)11-29-21-5-4-19(26)23(31-21)18-9-22(30-13-20(18)27)32-24(33)16-8-17(14-34-3)28-12-16/h4-5,9,13,15-17,28H,6-8,10-12,14H2,1-3H3,(H,29,31)(H,30,32,33)/t15?,16-,17+/m1/s1. The molecule has 4 rings (SSSR count). The van der Waals surface area contributed by atoms with E-state index in [4.69, 9.17) is 37.7 Å². The summed E-state index contributed by atoms with van der Waals surface area (Å²) in [6.45, 7) is 7.00. The lowest BCUT2D eigenvalue weighted by Gasteiger charge is -2.35. The summed E-state index contributed by atoms with van der Waals surface area (Å²) < 4.78 is 11.0. The molecule has 4 heterocycles. The van der Waals surface area contributed by atoms with Crippen LogP contribution in [-0.2, 0) is 14.3 Å². The number of aromatic nitrogens is 2. The fraction of sp³-hybridized carbons (Fsp3) is 0.560. The van der Waals surface area contributed by atoms with Crippen molar-refractivity contribution in [3.63, 3.8) is 0 Å². The molecule has 2 fully saturated rings. The van der Waals surface area contributed by atoms with Crippen LogP contribution in [0.15, 0.2) is 24.4 Å². The largest absolute Gasteiger partial charge is 0.383 e. The molecule has 35 heavy (non-hydrogen) atoms. The fourth-order valence-corrected chi connectivity index (χ4v) is 5.17. The van der Waals surface area contributed by atoms with Gasteiger partial charge >= 0.3 is 0 Å². The van der Waals surface area contributed by atoms with Gasteiger partial charge in [0.2, 0.25) is 5.91 Å². The molecule has 10 heteroatoms. The van der Waals surface area contributed by atoms with Crippen molar-refractivity contribution in [1.82, 2.24) is 15.3 Å². The van der Waals surface area contributed by atoms with Crippen LogP contribution in [0.25, 0.3) is 11.3 Å². The van der Waals surface area contributed by atoms with Crippen molar-refractivity contribution in [3.8, 4) is 11.3 Å². The number of nitrogens with one attached hydrogen (secondary N) is 3. The molecule has 0 aromatic carbocycles. The van der Waals surface area contributed by atoms with Crippen LogP contribution in [0.3, 0.4) is 0 Å². The van der Waals surface area contributed by atoms with Crippen LogP contribution in [-0.4, -0.2) is 60.9 Å². The van der Waals surface area contributed by atoms with Gasteiger partial charge in [0.25, 0.3) is 0 Å². The first-order chi connectivity index (χ1) is 16.7. The van der Waals surface area contributed by atoms with Gasteiger partial charge in [0.05, 0.1) is 33.9 Å². The smallest absolute Gasteiger partial charge is 0.229 e. The topological polar surface area (TPSA) is 97.4 Å². The van der Waals surface area contributed by atoms with Gasteiger partial charge in [0, 0.05) is 44.6 Å². The molecule has 0 spiro atoms. The second-order valence-electron chi connectivity index (χ2n) is 9.91. The highest BCUT2D eigenvalue weighted by molar-refractivity contribution is 6.36. The third-order valence-corrected chi connectivity index (χ3v) is 7.15. The molecule has 3 N–H and O–H groups in total. The number of nitrogens with zero attached hydrogens (tertiary/aromatic N) is 2. The Morgan fingerprint density at radius 1 is 1.29 bits per heavy atom. The third-order valence-electron chi connectivity index (χ3n) is 6.54. The number of hydrogen-bond acceptors (Lipinski definition) is 7. The Balaban J connectivity index is 1.45. The highest BCUT2D eigenvalue weighted by Gasteiger charge is 2.30. The second kappa shape index (κ2) is 11.4. The molecule has 0 saturated carbocycles. The summed E-state index contributed by atoms with van der Waals surface area (Å²) in [5.41, 5.74) is 1.04. The lowest BCUT2D eigenvalue weighted by atomic mass is 9.88. The van der Waals surface area contributed by atoms with Crippen molar-refractivity contribution in [2.75, 3.05) is 44.0 Å². The molecule has 0 radical (unpaired) electrons. The zero-order chi connectivity index (χ0) is 25.0. The summed E-state index contributed by atoms with van der Waals surface area (Å²) >= 11 is 13.0. The van der Waals surface area contributed by atoms with E-state index >= 15 is 0 Å². The van der Waals surface area contributed by atoms with E-state index in [0.717, 1.165) is 26.0 Å². The van der Waals surface area contributed by atoms with Crippen LogP contribution in [0.2, 0.25) is 10.0 Å². The van der Waals surface area contributed by atoms with Gasteiger partial charge in [-0.3, -0.25) is 4.79 Å². The average Bonchev–Trinajstić information content (AvgIpc) is 3.28. The predicted octanol–water partition coefficient (Wildman–Crippen LogP) is 4.63. The number of amides is 1. The SMILES string of the molecule is COC[C@@H]1C[C@@H](C(=O)Nc2cc(-c3nc(NCC4CCOC(C)(C)C4)ccc3Cl)c(Cl)cn2)CN1. The monoisotopic (exact) mass is 521 g/mol. The number of carbonyl (C=O) groups is 1. The summed E-state index contributed by atoms with van der Waals surface area (Å²) in [7, 11) is 1.66. The summed E-state index contributed by atoms with van der Waals surface area (Å²) in [4.78, 5) is 21.8. The van der Waals surface area contributed by atoms with Gasteiger partial charge in [-0.05, 0) is 57.2 Å². The molecule has 1 amide bonds. The minimum Gasteiger partial charge on any atom is -0.383 e. The Hall–Kier alpha value is -1.97. The molecule has 8 nitrogen and oxygen atoms in total. The first kappa shape index (κ1) is 26.1. The van der Waals surface area contributed by atoms with Crippen LogP contribution < -0.4 is 16.0 Å². The Bertz CT molecular complexity index is 1050. The molecule has 2 aromatic rings. The lowest BCUT2D eigenvalue weighted by molar-refractivity contribution is -0.119. The highest BCUT2D eigenvalue weighted by atomic mass is 35.5. The molecule has 2 aromatic heterocycles. The van der Waals surface area contributed by atoms with Crippen molar-refractivity contribution in [3.05, 3.63) is 34.4 Å². The minimum atomic E-state index is -0.152. The number of methoxy groups -OCH3 is 1. The number of rotatable bonds is 8. The Morgan fingerprint density at radius 2 is 2.11 bits per heavy atom. The molecule has 2 aliphatic heterocycles. The lowest BCUT2D eigenvalue weighted by Crippen LogP contribution is -2.36. The van der Waals surface area contributed by atoms with Crippen molar-refractivity contribution < 1.29 is 14.3 Å². The zero-order valence-corrected chi connectivity index (χ0v) is 21.9. The van der Waals surface area contributed by atoms with Gasteiger partial charge in [0.1, 0.15) is 11.6 Å². The molecule has 0 bridgehead atoms. The van der Waals surface area contributed by atoms with E-state index in [-0.39, 0.29) is 23.5 Å². The summed E-state index contributed by atoms with van der Waals surface area (Å²) in [6, 6.07) is 5.55. The maximum atomic E-state index is 12.8. The molecule has 1 unspecified atom stereocenters. The highest BCUT2D eigenvalue weighted by Crippen LogP contribution is 2.34. The van der Waals surface area contributed by atoms with E-state index in [0.29, 0.717) is 58.4 Å². The number of hydrogen-bond donors (Lipinski definition) is 3. The van der Waals surface area contributed by atoms with Gasteiger partial charge in [-0.25, -0.2) is 9.97 Å². The van der Waals surface area contributed by atoms with Crippen LogP contribution in [0.5, 0.6) is 0 Å². The maximum absolute atomic E-state index is 12.8. The average molecular weight is 522 g/mol. The van der Waals surface area contributed by atoms with E-state index in [9.17, 15) is 4.79 Å². The second-order valence-corrected chi connectivity index (χ2v) is 10.7. The van der Waals surface area contributed by atoms with Crippen molar-refractivity contribution >= 4 is 40.7 Å². The molecule has 2 saturated heterocycles. The van der Waals surface area contributed by atoms with Crippen LogP contribution in [0.4, 0.5) is 11.6 Å². The molecule has 190 valence electrons. The Labute approximate surface area is 216 Å². The van der Waals surface area contributed by atoms with E-state index in [1.54, 1.807) is 19.2 Å². The molecule has 3 atom stereocenters. The van der Waals surface area contributed by atoms with Gasteiger partial charge in [-0.15, -0.1) is 0 Å². The summed E-state index contributed by atoms with van der Waals surface area (Å²) in [6.07, 6.45) is 4.22. The van der Waals surface area contributed by atoms with Crippen molar-refractivity contribution in [2.45, 2.75) is 44.8 Å². The summed E-state index contributed by atoms with van der Waals surface area (Å²) in [5, 5.41) is 10.5. The van der Waals surface area contributed by atoms with E-state index < -0.39 is 0 Å². The van der Waals surface area contributed by atoms with Gasteiger partial charge in [-0.1, -0.05) is 23.2 Å². The predicted molar refractivity (Wildman–Crippen MR) is 139 cm³/mol. The number of pyridine rings is 2.